The van der Waals surface area contributed by atoms with Crippen molar-refractivity contribution in [2.24, 2.45) is 0 Å². The Hall–Kier alpha value is -1.81. The molecule has 0 bridgehead atoms. The van der Waals surface area contributed by atoms with Gasteiger partial charge in [0, 0.05) is 0 Å². The fourth-order valence-electron chi connectivity index (χ4n) is 3.49. The molecule has 2 aromatic carbocycles. The summed E-state index contributed by atoms with van der Waals surface area (Å²) in [5.74, 6) is 0.809. The van der Waals surface area contributed by atoms with E-state index in [0.29, 0.717) is 16.5 Å². The summed E-state index contributed by atoms with van der Waals surface area (Å²) in [7, 11) is -3.71. The Morgan fingerprint density at radius 2 is 1.14 bits per heavy atom. The van der Waals surface area contributed by atoms with Gasteiger partial charge in [0.15, 0.2) is 0 Å². The maximum atomic E-state index is 13.6. The van der Waals surface area contributed by atoms with Crippen molar-refractivity contribution in [1.29, 1.82) is 0 Å². The minimum absolute atomic E-state index is 0.114. The van der Waals surface area contributed by atoms with Crippen molar-refractivity contribution < 1.29 is 8.42 Å². The molecule has 0 atom stereocenters. The lowest BCUT2D eigenvalue weighted by atomic mass is 9.89. The Balaban J connectivity index is 2.71. The van der Waals surface area contributed by atoms with Crippen molar-refractivity contribution in [3.8, 4) is 0 Å². The molecule has 0 heterocycles. The van der Waals surface area contributed by atoms with Crippen LogP contribution in [0.1, 0.15) is 101 Å². The first-order chi connectivity index (χ1) is 13.0. The molecule has 2 rings (SSSR count). The van der Waals surface area contributed by atoms with Crippen molar-refractivity contribution in [2.75, 3.05) is 4.72 Å². The Labute approximate surface area is 171 Å². The summed E-state index contributed by atoms with van der Waals surface area (Å²) in [6, 6.07) is 11.8. The third-order valence-electron chi connectivity index (χ3n) is 5.18. The summed E-state index contributed by atoms with van der Waals surface area (Å²) < 4.78 is 30.1. The van der Waals surface area contributed by atoms with E-state index >= 15 is 0 Å². The Kier molecular flexibility index (Phi) is 6.97. The van der Waals surface area contributed by atoms with Gasteiger partial charge < -0.3 is 0 Å². The molecule has 0 unspecified atom stereocenters. The summed E-state index contributed by atoms with van der Waals surface area (Å²) in [5, 5.41) is 0. The smallest absolute Gasteiger partial charge is 0.262 e. The highest BCUT2D eigenvalue weighted by atomic mass is 32.2. The number of rotatable bonds is 7. The molecule has 1 N–H and O–H groups in total. The van der Waals surface area contributed by atoms with Crippen LogP contribution in [0.15, 0.2) is 41.3 Å². The van der Waals surface area contributed by atoms with E-state index in [4.69, 9.17) is 0 Å². The molecule has 0 saturated carbocycles. The van der Waals surface area contributed by atoms with E-state index in [-0.39, 0.29) is 17.8 Å². The van der Waals surface area contributed by atoms with Gasteiger partial charge in [-0.3, -0.25) is 4.72 Å². The van der Waals surface area contributed by atoms with E-state index in [0.717, 1.165) is 16.7 Å². The van der Waals surface area contributed by atoms with Crippen molar-refractivity contribution in [2.45, 2.75) is 84.0 Å². The van der Waals surface area contributed by atoms with Gasteiger partial charge in [-0.1, -0.05) is 85.7 Å². The second kappa shape index (κ2) is 8.69. The van der Waals surface area contributed by atoms with Crippen LogP contribution < -0.4 is 4.72 Å². The average molecular weight is 402 g/mol. The van der Waals surface area contributed by atoms with Crippen molar-refractivity contribution in [1.82, 2.24) is 0 Å². The van der Waals surface area contributed by atoms with Crippen LogP contribution in [0.5, 0.6) is 0 Å². The summed E-state index contributed by atoms with van der Waals surface area (Å²) in [5.41, 5.74) is 4.64. The lowest BCUT2D eigenvalue weighted by Gasteiger charge is -2.24. The van der Waals surface area contributed by atoms with Gasteiger partial charge >= 0.3 is 0 Å². The zero-order valence-corrected chi connectivity index (χ0v) is 19.3. The molecule has 2 aromatic rings. The first-order valence-electron chi connectivity index (χ1n) is 10.2. The van der Waals surface area contributed by atoms with Gasteiger partial charge in [-0.2, -0.15) is 0 Å². The minimum atomic E-state index is -3.71. The summed E-state index contributed by atoms with van der Waals surface area (Å²) in [4.78, 5) is 0.445. The first kappa shape index (κ1) is 22.5. The van der Waals surface area contributed by atoms with Crippen molar-refractivity contribution in [3.63, 3.8) is 0 Å². The first-order valence-corrected chi connectivity index (χ1v) is 11.7. The molecule has 0 spiro atoms. The van der Waals surface area contributed by atoms with Gasteiger partial charge in [-0.25, -0.2) is 8.42 Å². The maximum absolute atomic E-state index is 13.6. The Morgan fingerprint density at radius 3 is 1.57 bits per heavy atom. The van der Waals surface area contributed by atoms with Crippen LogP contribution in [0.25, 0.3) is 0 Å². The van der Waals surface area contributed by atoms with Crippen LogP contribution in [-0.4, -0.2) is 8.42 Å². The molecule has 0 saturated heterocycles. The van der Waals surface area contributed by atoms with E-state index < -0.39 is 10.0 Å². The number of nitrogens with one attached hydrogen (secondary N) is 1. The zero-order valence-electron chi connectivity index (χ0n) is 18.5. The monoisotopic (exact) mass is 401 g/mol. The molecular formula is C24H35NO2S. The highest BCUT2D eigenvalue weighted by Crippen LogP contribution is 2.36. The summed E-state index contributed by atoms with van der Waals surface area (Å²) >= 11 is 0. The van der Waals surface area contributed by atoms with Crippen molar-refractivity contribution in [3.05, 3.63) is 58.7 Å². The summed E-state index contributed by atoms with van der Waals surface area (Å²) in [6.07, 6.45) is 0. The minimum Gasteiger partial charge on any atom is -0.279 e. The van der Waals surface area contributed by atoms with Gasteiger partial charge in [0.2, 0.25) is 0 Å². The van der Waals surface area contributed by atoms with E-state index in [1.54, 1.807) is 0 Å². The molecule has 154 valence electrons. The molecule has 0 radical (unpaired) electrons. The molecule has 0 fully saturated rings. The molecule has 0 aliphatic rings. The maximum Gasteiger partial charge on any atom is 0.262 e. The van der Waals surface area contributed by atoms with Crippen LogP contribution in [0, 0.1) is 0 Å². The lowest BCUT2D eigenvalue weighted by Crippen LogP contribution is -2.20. The molecule has 3 nitrogen and oxygen atoms in total. The predicted octanol–water partition coefficient (Wildman–Crippen LogP) is 6.98. The third kappa shape index (κ3) is 4.78. The van der Waals surface area contributed by atoms with Crippen LogP contribution in [0.4, 0.5) is 5.69 Å². The van der Waals surface area contributed by atoms with Crippen LogP contribution >= 0.6 is 0 Å². The van der Waals surface area contributed by atoms with E-state index in [2.05, 4.69) is 72.2 Å². The number of hydrogen-bond donors (Lipinski definition) is 1. The Morgan fingerprint density at radius 1 is 0.679 bits per heavy atom. The average Bonchev–Trinajstić information content (AvgIpc) is 2.60. The largest absolute Gasteiger partial charge is 0.279 e. The van der Waals surface area contributed by atoms with Gasteiger partial charge in [-0.05, 0) is 52.0 Å². The third-order valence-corrected chi connectivity index (χ3v) is 6.67. The van der Waals surface area contributed by atoms with E-state index in [1.165, 1.54) is 5.56 Å². The number of hydrogen-bond acceptors (Lipinski definition) is 2. The highest BCUT2D eigenvalue weighted by molar-refractivity contribution is 7.92. The quantitative estimate of drug-likeness (QED) is 0.544. The molecule has 4 heteroatoms. The van der Waals surface area contributed by atoms with Crippen LogP contribution in [-0.2, 0) is 10.0 Å². The lowest BCUT2D eigenvalue weighted by molar-refractivity contribution is 0.595. The normalized spacial score (nSPS) is 12.4. The number of anilines is 1. The van der Waals surface area contributed by atoms with Gasteiger partial charge in [-0.15, -0.1) is 0 Å². The SMILES string of the molecule is CC(C)c1cc(C(C)C)c(S(=O)(=O)Nc2ccccc2C(C)C)c(C(C)C)c1. The topological polar surface area (TPSA) is 46.2 Å². The summed E-state index contributed by atoms with van der Waals surface area (Å²) in [6.45, 7) is 16.7. The molecular weight excluding hydrogens is 366 g/mol. The van der Waals surface area contributed by atoms with Crippen LogP contribution in [0.2, 0.25) is 0 Å². The van der Waals surface area contributed by atoms with E-state index in [9.17, 15) is 8.42 Å². The van der Waals surface area contributed by atoms with Gasteiger partial charge in [0.25, 0.3) is 10.0 Å². The van der Waals surface area contributed by atoms with Crippen LogP contribution in [0.3, 0.4) is 0 Å². The molecule has 0 aliphatic carbocycles. The van der Waals surface area contributed by atoms with Gasteiger partial charge in [0.05, 0.1) is 10.6 Å². The fraction of sp³-hybridized carbons (Fsp3) is 0.500. The standard InChI is InChI=1S/C24H35NO2S/c1-15(2)19-13-21(17(5)6)24(22(14-19)18(7)8)28(26,27)25-23-12-10-9-11-20(23)16(3)4/h9-18,25H,1-8H3. The highest BCUT2D eigenvalue weighted by Gasteiger charge is 2.27. The van der Waals surface area contributed by atoms with E-state index in [1.807, 2.05) is 24.3 Å². The van der Waals surface area contributed by atoms with Gasteiger partial charge in [0.1, 0.15) is 0 Å². The number of benzene rings is 2. The predicted molar refractivity (Wildman–Crippen MR) is 120 cm³/mol. The molecule has 0 aliphatic heterocycles. The molecule has 28 heavy (non-hydrogen) atoms. The second-order valence-electron chi connectivity index (χ2n) is 8.84. The molecule has 0 aromatic heterocycles. The zero-order chi connectivity index (χ0) is 21.2. The van der Waals surface area contributed by atoms with Crippen molar-refractivity contribution >= 4 is 15.7 Å². The fourth-order valence-corrected chi connectivity index (χ4v) is 5.28. The number of para-hydroxylation sites is 1. The Bertz CT molecular complexity index is 896. The molecule has 0 amide bonds. The second-order valence-corrected chi connectivity index (χ2v) is 10.5. The number of sulfonamides is 1.